The summed E-state index contributed by atoms with van der Waals surface area (Å²) in [6.07, 6.45) is 5.04. The van der Waals surface area contributed by atoms with E-state index in [1.165, 1.54) is 6.26 Å². The van der Waals surface area contributed by atoms with E-state index >= 15 is 0 Å². The summed E-state index contributed by atoms with van der Waals surface area (Å²) in [7, 11) is 3.57. The molecule has 3 aromatic rings. The normalized spacial score (nSPS) is 10.6. The second-order valence-corrected chi connectivity index (χ2v) is 6.14. The first-order valence-corrected chi connectivity index (χ1v) is 8.12. The van der Waals surface area contributed by atoms with E-state index < -0.39 is 0 Å². The first-order chi connectivity index (χ1) is 12.4. The van der Waals surface area contributed by atoms with E-state index in [1.54, 1.807) is 47.1 Å². The van der Waals surface area contributed by atoms with Gasteiger partial charge >= 0.3 is 0 Å². The highest BCUT2D eigenvalue weighted by molar-refractivity contribution is 6.03. The summed E-state index contributed by atoms with van der Waals surface area (Å²) in [6.45, 7) is 2.32. The summed E-state index contributed by atoms with van der Waals surface area (Å²) in [5, 5.41) is 6.89. The third-order valence-electron chi connectivity index (χ3n) is 4.00. The van der Waals surface area contributed by atoms with Crippen molar-refractivity contribution in [1.82, 2.24) is 14.7 Å². The van der Waals surface area contributed by atoms with Gasteiger partial charge in [-0.3, -0.25) is 14.3 Å². The SMILES string of the molecule is Cc1ccc(C(=O)N(C)Cc2cnn(C)c2)cc1NC(=O)c1ccco1. The number of aromatic nitrogens is 2. The molecule has 0 radical (unpaired) electrons. The number of furan rings is 1. The van der Waals surface area contributed by atoms with Crippen LogP contribution in [0.2, 0.25) is 0 Å². The van der Waals surface area contributed by atoms with Gasteiger partial charge < -0.3 is 14.6 Å². The number of amides is 2. The standard InChI is InChI=1S/C19H20N4O3/c1-13-6-7-15(9-16(13)21-18(24)17-5-4-8-26-17)19(25)22(2)11-14-10-20-23(3)12-14/h4-10,12H,11H2,1-3H3,(H,21,24). The summed E-state index contributed by atoms with van der Waals surface area (Å²) >= 11 is 0. The highest BCUT2D eigenvalue weighted by Gasteiger charge is 2.16. The van der Waals surface area contributed by atoms with Gasteiger partial charge in [-0.25, -0.2) is 0 Å². The van der Waals surface area contributed by atoms with Crippen molar-refractivity contribution in [3.8, 4) is 0 Å². The maximum atomic E-state index is 12.7. The molecule has 7 heteroatoms. The van der Waals surface area contributed by atoms with Crippen molar-refractivity contribution in [3.63, 3.8) is 0 Å². The molecule has 0 spiro atoms. The van der Waals surface area contributed by atoms with Crippen molar-refractivity contribution >= 4 is 17.5 Å². The van der Waals surface area contributed by atoms with E-state index in [9.17, 15) is 9.59 Å². The Labute approximate surface area is 151 Å². The molecular weight excluding hydrogens is 332 g/mol. The van der Waals surface area contributed by atoms with Gasteiger partial charge in [0.2, 0.25) is 0 Å². The molecular formula is C19H20N4O3. The average molecular weight is 352 g/mol. The number of hydrogen-bond donors (Lipinski definition) is 1. The van der Waals surface area contributed by atoms with Gasteiger partial charge in [-0.1, -0.05) is 6.07 Å². The van der Waals surface area contributed by atoms with Crippen molar-refractivity contribution in [2.24, 2.45) is 7.05 Å². The molecule has 0 bridgehead atoms. The summed E-state index contributed by atoms with van der Waals surface area (Å²) in [5.41, 5.74) is 2.88. The third-order valence-corrected chi connectivity index (χ3v) is 4.00. The first-order valence-electron chi connectivity index (χ1n) is 8.12. The zero-order valence-corrected chi connectivity index (χ0v) is 14.9. The molecule has 7 nitrogen and oxygen atoms in total. The minimum atomic E-state index is -0.355. The van der Waals surface area contributed by atoms with E-state index in [-0.39, 0.29) is 17.6 Å². The second-order valence-electron chi connectivity index (χ2n) is 6.14. The molecule has 3 rings (SSSR count). The number of benzene rings is 1. The Kier molecular flexibility index (Phi) is 4.88. The van der Waals surface area contributed by atoms with Gasteiger partial charge in [0, 0.05) is 43.7 Å². The van der Waals surface area contributed by atoms with E-state index in [0.717, 1.165) is 11.1 Å². The quantitative estimate of drug-likeness (QED) is 0.766. The lowest BCUT2D eigenvalue weighted by atomic mass is 10.1. The predicted molar refractivity (Wildman–Crippen MR) is 96.8 cm³/mol. The van der Waals surface area contributed by atoms with Gasteiger partial charge in [-0.2, -0.15) is 5.10 Å². The molecule has 0 atom stereocenters. The van der Waals surface area contributed by atoms with Crippen molar-refractivity contribution in [1.29, 1.82) is 0 Å². The minimum Gasteiger partial charge on any atom is -0.459 e. The number of anilines is 1. The fourth-order valence-electron chi connectivity index (χ4n) is 2.60. The van der Waals surface area contributed by atoms with Gasteiger partial charge in [0.05, 0.1) is 12.5 Å². The van der Waals surface area contributed by atoms with Crippen LogP contribution < -0.4 is 5.32 Å². The van der Waals surface area contributed by atoms with E-state index in [4.69, 9.17) is 4.42 Å². The fourth-order valence-corrected chi connectivity index (χ4v) is 2.60. The van der Waals surface area contributed by atoms with Crippen LogP contribution in [0.3, 0.4) is 0 Å². The van der Waals surface area contributed by atoms with Crippen LogP contribution in [0, 0.1) is 6.92 Å². The van der Waals surface area contributed by atoms with Crippen LogP contribution in [0.1, 0.15) is 32.0 Å². The highest BCUT2D eigenvalue weighted by Crippen LogP contribution is 2.19. The number of nitrogens with zero attached hydrogens (tertiary/aromatic N) is 3. The van der Waals surface area contributed by atoms with Crippen LogP contribution in [0.15, 0.2) is 53.4 Å². The highest BCUT2D eigenvalue weighted by atomic mass is 16.3. The summed E-state index contributed by atoms with van der Waals surface area (Å²) in [6, 6.07) is 8.47. The number of nitrogens with one attached hydrogen (secondary N) is 1. The first kappa shape index (κ1) is 17.5. The van der Waals surface area contributed by atoms with E-state index in [0.29, 0.717) is 17.8 Å². The molecule has 26 heavy (non-hydrogen) atoms. The molecule has 0 fully saturated rings. The van der Waals surface area contributed by atoms with Gasteiger partial charge in [-0.05, 0) is 36.8 Å². The zero-order chi connectivity index (χ0) is 18.7. The molecule has 1 N–H and O–H groups in total. The lowest BCUT2D eigenvalue weighted by Gasteiger charge is -2.17. The smallest absolute Gasteiger partial charge is 0.291 e. The predicted octanol–water partition coefficient (Wildman–Crippen LogP) is 2.85. The van der Waals surface area contributed by atoms with Crippen LogP contribution in [-0.2, 0) is 13.6 Å². The molecule has 2 aromatic heterocycles. The number of rotatable bonds is 5. The Bertz CT molecular complexity index is 928. The summed E-state index contributed by atoms with van der Waals surface area (Å²) in [4.78, 5) is 26.5. The molecule has 0 aliphatic carbocycles. The Balaban J connectivity index is 1.75. The van der Waals surface area contributed by atoms with E-state index in [2.05, 4.69) is 10.4 Å². The Morgan fingerprint density at radius 3 is 2.77 bits per heavy atom. The van der Waals surface area contributed by atoms with Crippen molar-refractivity contribution in [2.45, 2.75) is 13.5 Å². The lowest BCUT2D eigenvalue weighted by Crippen LogP contribution is -2.26. The zero-order valence-electron chi connectivity index (χ0n) is 14.9. The van der Waals surface area contributed by atoms with Crippen LogP contribution in [0.4, 0.5) is 5.69 Å². The number of hydrogen-bond acceptors (Lipinski definition) is 4. The molecule has 0 aliphatic rings. The largest absolute Gasteiger partial charge is 0.459 e. The van der Waals surface area contributed by atoms with Gasteiger partial charge in [0.1, 0.15) is 0 Å². The summed E-state index contributed by atoms with van der Waals surface area (Å²) < 4.78 is 6.79. The van der Waals surface area contributed by atoms with Crippen molar-refractivity contribution in [2.75, 3.05) is 12.4 Å². The second kappa shape index (κ2) is 7.26. The van der Waals surface area contributed by atoms with Crippen LogP contribution >= 0.6 is 0 Å². The Morgan fingerprint density at radius 2 is 2.12 bits per heavy atom. The van der Waals surface area contributed by atoms with Crippen LogP contribution in [0.5, 0.6) is 0 Å². The molecule has 134 valence electrons. The minimum absolute atomic E-state index is 0.137. The van der Waals surface area contributed by atoms with Gasteiger partial charge in [-0.15, -0.1) is 0 Å². The number of aryl methyl sites for hydroxylation is 2. The maximum absolute atomic E-state index is 12.7. The third kappa shape index (κ3) is 3.83. The topological polar surface area (TPSA) is 80.4 Å². The molecule has 2 amide bonds. The van der Waals surface area contributed by atoms with Crippen LogP contribution in [-0.4, -0.2) is 33.5 Å². The average Bonchev–Trinajstić information content (AvgIpc) is 3.28. The maximum Gasteiger partial charge on any atom is 0.291 e. The lowest BCUT2D eigenvalue weighted by molar-refractivity contribution is 0.0784. The Morgan fingerprint density at radius 1 is 1.31 bits per heavy atom. The van der Waals surface area contributed by atoms with Gasteiger partial charge in [0.25, 0.3) is 11.8 Å². The molecule has 1 aromatic carbocycles. The molecule has 0 aliphatic heterocycles. The molecule has 0 saturated carbocycles. The van der Waals surface area contributed by atoms with Gasteiger partial charge in [0.15, 0.2) is 5.76 Å². The Hall–Kier alpha value is -3.35. The van der Waals surface area contributed by atoms with E-state index in [1.807, 2.05) is 26.2 Å². The number of carbonyl (C=O) groups excluding carboxylic acids is 2. The fraction of sp³-hybridized carbons (Fsp3) is 0.211. The van der Waals surface area contributed by atoms with Crippen molar-refractivity contribution in [3.05, 3.63) is 71.4 Å². The molecule has 0 saturated heterocycles. The summed E-state index contributed by atoms with van der Waals surface area (Å²) in [5.74, 6) is -0.274. The number of carbonyl (C=O) groups is 2. The van der Waals surface area contributed by atoms with Crippen molar-refractivity contribution < 1.29 is 14.0 Å². The van der Waals surface area contributed by atoms with Crippen LogP contribution in [0.25, 0.3) is 0 Å². The monoisotopic (exact) mass is 352 g/mol. The molecule has 0 unspecified atom stereocenters. The molecule has 2 heterocycles.